The van der Waals surface area contributed by atoms with Gasteiger partial charge in [-0.05, 0) is 65.5 Å². The lowest BCUT2D eigenvalue weighted by Gasteiger charge is -2.20. The summed E-state index contributed by atoms with van der Waals surface area (Å²) < 4.78 is 1.07. The van der Waals surface area contributed by atoms with Gasteiger partial charge in [0, 0.05) is 15.5 Å². The number of rotatable bonds is 6. The third-order valence-corrected chi connectivity index (χ3v) is 4.56. The van der Waals surface area contributed by atoms with Crippen LogP contribution in [0.2, 0.25) is 5.02 Å². The molecule has 4 heteroatoms. The van der Waals surface area contributed by atoms with Crippen LogP contribution in [-0.4, -0.2) is 6.54 Å². The largest absolute Gasteiger partial charge is 0.310 e. The number of hydrogen-bond acceptors (Lipinski definition) is 2. The first-order chi connectivity index (χ1) is 9.20. The van der Waals surface area contributed by atoms with Gasteiger partial charge in [-0.25, -0.2) is 0 Å². The van der Waals surface area contributed by atoms with Gasteiger partial charge in [0.25, 0.3) is 0 Å². The second-order valence-electron chi connectivity index (χ2n) is 4.51. The van der Waals surface area contributed by atoms with Crippen LogP contribution in [0.25, 0.3) is 0 Å². The van der Waals surface area contributed by atoms with Crippen LogP contribution in [0.3, 0.4) is 0 Å². The van der Waals surface area contributed by atoms with Gasteiger partial charge in [-0.1, -0.05) is 34.5 Å². The highest BCUT2D eigenvalue weighted by atomic mass is 79.9. The van der Waals surface area contributed by atoms with Gasteiger partial charge in [0.05, 0.1) is 0 Å². The summed E-state index contributed by atoms with van der Waals surface area (Å²) in [5, 5.41) is 8.74. The molecule has 1 nitrogen and oxygen atoms in total. The molecule has 1 N–H and O–H groups in total. The molecule has 0 amide bonds. The molecule has 0 saturated heterocycles. The van der Waals surface area contributed by atoms with E-state index in [4.69, 9.17) is 11.6 Å². The Morgan fingerprint density at radius 3 is 2.89 bits per heavy atom. The highest BCUT2D eigenvalue weighted by Gasteiger charge is 2.15. The molecule has 1 atom stereocenters. The average Bonchev–Trinajstić information content (AvgIpc) is 2.90. The smallest absolute Gasteiger partial charge is 0.0454 e. The fraction of sp³-hybridized carbons (Fsp3) is 0.333. The summed E-state index contributed by atoms with van der Waals surface area (Å²) in [5.41, 5.74) is 2.52. The molecule has 1 aromatic carbocycles. The lowest BCUT2D eigenvalue weighted by Crippen LogP contribution is -2.24. The van der Waals surface area contributed by atoms with Gasteiger partial charge in [-0.3, -0.25) is 0 Å². The third-order valence-electron chi connectivity index (χ3n) is 2.99. The zero-order valence-corrected chi connectivity index (χ0v) is 14.0. The summed E-state index contributed by atoms with van der Waals surface area (Å²) in [7, 11) is 0. The molecule has 1 aromatic heterocycles. The number of halogens is 2. The van der Waals surface area contributed by atoms with Crippen molar-refractivity contribution in [2.45, 2.75) is 25.8 Å². The van der Waals surface area contributed by atoms with Crippen LogP contribution < -0.4 is 5.32 Å². The van der Waals surface area contributed by atoms with Crippen molar-refractivity contribution in [1.29, 1.82) is 0 Å². The normalized spacial score (nSPS) is 12.6. The Morgan fingerprint density at radius 1 is 1.37 bits per heavy atom. The molecule has 1 heterocycles. The summed E-state index contributed by atoms with van der Waals surface area (Å²) in [4.78, 5) is 0. The molecule has 0 aliphatic rings. The van der Waals surface area contributed by atoms with Crippen LogP contribution in [0.15, 0.2) is 39.5 Å². The molecule has 0 aliphatic heterocycles. The summed E-state index contributed by atoms with van der Waals surface area (Å²) in [6, 6.07) is 8.49. The molecular weight excluding hydrogens is 342 g/mol. The fourth-order valence-electron chi connectivity index (χ4n) is 2.04. The number of benzene rings is 1. The first kappa shape index (κ1) is 15.0. The average molecular weight is 359 g/mol. The van der Waals surface area contributed by atoms with Crippen LogP contribution in [0.1, 0.15) is 30.5 Å². The number of hydrogen-bond donors (Lipinski definition) is 1. The molecule has 0 saturated carbocycles. The summed E-state index contributed by atoms with van der Waals surface area (Å²) in [5.74, 6) is 0. The number of nitrogens with one attached hydrogen (secondary N) is 1. The highest BCUT2D eigenvalue weighted by Crippen LogP contribution is 2.29. The van der Waals surface area contributed by atoms with Gasteiger partial charge < -0.3 is 5.32 Å². The Hall–Kier alpha value is -0.350. The van der Waals surface area contributed by atoms with Crippen LogP contribution in [0.5, 0.6) is 0 Å². The minimum Gasteiger partial charge on any atom is -0.310 e. The molecule has 0 bridgehead atoms. The lowest BCUT2D eigenvalue weighted by atomic mass is 10.0. The second kappa shape index (κ2) is 7.44. The maximum Gasteiger partial charge on any atom is 0.0454 e. The third kappa shape index (κ3) is 4.32. The Balaban J connectivity index is 2.23. The Kier molecular flexibility index (Phi) is 5.89. The molecule has 19 heavy (non-hydrogen) atoms. The highest BCUT2D eigenvalue weighted by molar-refractivity contribution is 9.10. The van der Waals surface area contributed by atoms with E-state index < -0.39 is 0 Å². The van der Waals surface area contributed by atoms with E-state index in [0.717, 1.165) is 34.4 Å². The van der Waals surface area contributed by atoms with Crippen LogP contribution in [0, 0.1) is 0 Å². The first-order valence-electron chi connectivity index (χ1n) is 6.40. The maximum absolute atomic E-state index is 6.35. The first-order valence-corrected chi connectivity index (χ1v) is 8.51. The molecule has 1 unspecified atom stereocenters. The van der Waals surface area contributed by atoms with Gasteiger partial charge in [0.2, 0.25) is 0 Å². The van der Waals surface area contributed by atoms with Crippen molar-refractivity contribution >= 4 is 38.9 Å². The van der Waals surface area contributed by atoms with Crippen molar-refractivity contribution in [2.24, 2.45) is 0 Å². The van der Waals surface area contributed by atoms with Gasteiger partial charge in [-0.15, -0.1) is 0 Å². The predicted octanol–water partition coefficient (Wildman–Crippen LogP) is 5.45. The van der Waals surface area contributed by atoms with Crippen LogP contribution in [-0.2, 0) is 6.42 Å². The molecule has 2 aromatic rings. The SMILES string of the molecule is CCCNC(Cc1ccsc1)c1cc(Br)ccc1Cl. The van der Waals surface area contributed by atoms with E-state index in [9.17, 15) is 0 Å². The van der Waals surface area contributed by atoms with Gasteiger partial charge in [0.15, 0.2) is 0 Å². The summed E-state index contributed by atoms with van der Waals surface area (Å²) in [6.45, 7) is 3.18. The van der Waals surface area contributed by atoms with Gasteiger partial charge in [-0.2, -0.15) is 11.3 Å². The van der Waals surface area contributed by atoms with Crippen molar-refractivity contribution < 1.29 is 0 Å². The van der Waals surface area contributed by atoms with Gasteiger partial charge in [0.1, 0.15) is 0 Å². The zero-order chi connectivity index (χ0) is 13.7. The Labute approximate surface area is 132 Å². The monoisotopic (exact) mass is 357 g/mol. The predicted molar refractivity (Wildman–Crippen MR) is 88.2 cm³/mol. The van der Waals surface area contributed by atoms with E-state index >= 15 is 0 Å². The summed E-state index contributed by atoms with van der Waals surface area (Å²) in [6.07, 6.45) is 2.09. The van der Waals surface area contributed by atoms with Crippen LogP contribution >= 0.6 is 38.9 Å². The Morgan fingerprint density at radius 2 is 2.21 bits per heavy atom. The van der Waals surface area contributed by atoms with E-state index in [1.165, 1.54) is 5.56 Å². The molecule has 0 radical (unpaired) electrons. The minimum atomic E-state index is 0.263. The van der Waals surface area contributed by atoms with E-state index in [0.29, 0.717) is 0 Å². The molecule has 0 aliphatic carbocycles. The van der Waals surface area contributed by atoms with E-state index in [2.05, 4.69) is 51.1 Å². The topological polar surface area (TPSA) is 12.0 Å². The van der Waals surface area contributed by atoms with Crippen LogP contribution in [0.4, 0.5) is 0 Å². The minimum absolute atomic E-state index is 0.263. The lowest BCUT2D eigenvalue weighted by molar-refractivity contribution is 0.530. The van der Waals surface area contributed by atoms with E-state index in [1.54, 1.807) is 11.3 Å². The van der Waals surface area contributed by atoms with E-state index in [1.807, 2.05) is 12.1 Å². The fourth-order valence-corrected chi connectivity index (χ4v) is 3.35. The molecule has 2 rings (SSSR count). The molecular formula is C15H17BrClNS. The quantitative estimate of drug-likeness (QED) is 0.724. The maximum atomic E-state index is 6.35. The van der Waals surface area contributed by atoms with Crippen molar-refractivity contribution in [3.05, 3.63) is 55.6 Å². The van der Waals surface area contributed by atoms with E-state index in [-0.39, 0.29) is 6.04 Å². The molecule has 0 spiro atoms. The number of thiophene rings is 1. The second-order valence-corrected chi connectivity index (χ2v) is 6.61. The van der Waals surface area contributed by atoms with Crippen molar-refractivity contribution in [3.8, 4) is 0 Å². The van der Waals surface area contributed by atoms with Crippen molar-refractivity contribution in [3.63, 3.8) is 0 Å². The standard InChI is InChI=1S/C15H17BrClNS/c1-2-6-18-15(8-11-5-7-19-10-11)13-9-12(16)3-4-14(13)17/h3-5,7,9-10,15,18H,2,6,8H2,1H3. The van der Waals surface area contributed by atoms with Gasteiger partial charge >= 0.3 is 0 Å². The molecule has 0 fully saturated rings. The summed E-state index contributed by atoms with van der Waals surface area (Å²) >= 11 is 11.6. The Bertz CT molecular complexity index is 513. The van der Waals surface area contributed by atoms with Crippen molar-refractivity contribution in [2.75, 3.05) is 6.54 Å². The van der Waals surface area contributed by atoms with Crippen molar-refractivity contribution in [1.82, 2.24) is 5.32 Å². The zero-order valence-electron chi connectivity index (χ0n) is 10.8. The molecule has 102 valence electrons.